The third-order valence-electron chi connectivity index (χ3n) is 2.60. The normalized spacial score (nSPS) is 14.5. The van der Waals surface area contributed by atoms with Gasteiger partial charge in [-0.05, 0) is 25.7 Å². The summed E-state index contributed by atoms with van der Waals surface area (Å²) < 4.78 is 26.3. The van der Waals surface area contributed by atoms with Gasteiger partial charge >= 0.3 is 0 Å². The fraction of sp³-hybridized carbons (Fsp3) is 1.00. The molecule has 1 unspecified atom stereocenters. The van der Waals surface area contributed by atoms with Crippen molar-refractivity contribution in [2.24, 2.45) is 5.92 Å². The van der Waals surface area contributed by atoms with E-state index in [1.54, 1.807) is 6.92 Å². The fourth-order valence-corrected chi connectivity index (χ4v) is 2.41. The van der Waals surface area contributed by atoms with Crippen LogP contribution in [0.3, 0.4) is 0 Å². The minimum atomic E-state index is -3.17. The van der Waals surface area contributed by atoms with Crippen molar-refractivity contribution in [1.29, 1.82) is 0 Å². The summed E-state index contributed by atoms with van der Waals surface area (Å²) in [5, 5.41) is 2.76. The molecule has 4 nitrogen and oxygen atoms in total. The summed E-state index contributed by atoms with van der Waals surface area (Å²) in [7, 11) is -3.17. The van der Waals surface area contributed by atoms with Crippen LogP contribution in [-0.2, 0) is 10.0 Å². The first-order valence-electron chi connectivity index (χ1n) is 6.47. The van der Waals surface area contributed by atoms with Gasteiger partial charge in [0, 0.05) is 19.1 Å². The van der Waals surface area contributed by atoms with Crippen LogP contribution in [0.2, 0.25) is 0 Å². The number of hydrogen-bond acceptors (Lipinski definition) is 3. The smallest absolute Gasteiger partial charge is 0.215 e. The molecule has 0 amide bonds. The second kappa shape index (κ2) is 8.06. The van der Waals surface area contributed by atoms with Crippen LogP contribution in [0.15, 0.2) is 0 Å². The Bertz CT molecular complexity index is 287. The zero-order valence-electron chi connectivity index (χ0n) is 11.8. The highest BCUT2D eigenvalue weighted by Gasteiger charge is 2.19. The largest absolute Gasteiger partial charge is 0.313 e. The van der Waals surface area contributed by atoms with Crippen molar-refractivity contribution < 1.29 is 8.42 Å². The SMILES string of the molecule is CC(C)CCCNS(=O)(=O)C(C)CNC(C)C. The molecule has 0 saturated heterocycles. The van der Waals surface area contributed by atoms with Gasteiger partial charge in [-0.25, -0.2) is 13.1 Å². The molecule has 0 aliphatic heterocycles. The van der Waals surface area contributed by atoms with Gasteiger partial charge in [0.15, 0.2) is 0 Å². The van der Waals surface area contributed by atoms with E-state index in [2.05, 4.69) is 23.9 Å². The Labute approximate surface area is 107 Å². The summed E-state index contributed by atoms with van der Waals surface area (Å²) >= 11 is 0. The molecule has 0 aromatic rings. The molecule has 0 aliphatic rings. The molecule has 2 N–H and O–H groups in total. The Morgan fingerprint density at radius 3 is 2.12 bits per heavy atom. The Hall–Kier alpha value is -0.130. The average molecular weight is 264 g/mol. The quantitative estimate of drug-likeness (QED) is 0.624. The molecule has 5 heteroatoms. The molecular weight excluding hydrogens is 236 g/mol. The van der Waals surface area contributed by atoms with E-state index < -0.39 is 10.0 Å². The summed E-state index contributed by atoms with van der Waals surface area (Å²) in [5.74, 6) is 0.625. The summed E-state index contributed by atoms with van der Waals surface area (Å²) in [6.45, 7) is 11.1. The number of nitrogens with one attached hydrogen (secondary N) is 2. The van der Waals surface area contributed by atoms with E-state index in [-0.39, 0.29) is 5.25 Å². The zero-order valence-corrected chi connectivity index (χ0v) is 12.6. The van der Waals surface area contributed by atoms with Gasteiger partial charge in [0.2, 0.25) is 10.0 Å². The van der Waals surface area contributed by atoms with Gasteiger partial charge in [-0.3, -0.25) is 0 Å². The second-order valence-electron chi connectivity index (χ2n) is 5.35. The van der Waals surface area contributed by atoms with Crippen molar-refractivity contribution in [3.05, 3.63) is 0 Å². The predicted molar refractivity (Wildman–Crippen MR) is 73.6 cm³/mol. The third-order valence-corrected chi connectivity index (χ3v) is 4.44. The van der Waals surface area contributed by atoms with Gasteiger partial charge in [-0.1, -0.05) is 27.7 Å². The molecule has 0 aromatic heterocycles. The van der Waals surface area contributed by atoms with E-state index in [0.717, 1.165) is 12.8 Å². The topological polar surface area (TPSA) is 58.2 Å². The van der Waals surface area contributed by atoms with Crippen molar-refractivity contribution in [1.82, 2.24) is 10.0 Å². The monoisotopic (exact) mass is 264 g/mol. The fourth-order valence-electron chi connectivity index (χ4n) is 1.38. The first-order valence-corrected chi connectivity index (χ1v) is 8.02. The first-order chi connectivity index (χ1) is 7.75. The maximum Gasteiger partial charge on any atom is 0.215 e. The van der Waals surface area contributed by atoms with E-state index in [1.165, 1.54) is 0 Å². The minimum Gasteiger partial charge on any atom is -0.313 e. The summed E-state index contributed by atoms with van der Waals surface area (Å²) in [6.07, 6.45) is 1.96. The number of rotatable bonds is 9. The molecule has 0 radical (unpaired) electrons. The lowest BCUT2D eigenvalue weighted by atomic mass is 10.1. The van der Waals surface area contributed by atoms with Crippen molar-refractivity contribution in [2.75, 3.05) is 13.1 Å². The third kappa shape index (κ3) is 8.57. The minimum absolute atomic E-state index is 0.314. The van der Waals surface area contributed by atoms with Crippen molar-refractivity contribution in [3.8, 4) is 0 Å². The van der Waals surface area contributed by atoms with Crippen LogP contribution in [0.4, 0.5) is 0 Å². The molecule has 17 heavy (non-hydrogen) atoms. The van der Waals surface area contributed by atoms with Crippen molar-refractivity contribution >= 4 is 10.0 Å². The summed E-state index contributed by atoms with van der Waals surface area (Å²) in [5.41, 5.74) is 0. The number of sulfonamides is 1. The van der Waals surface area contributed by atoms with E-state index in [0.29, 0.717) is 25.0 Å². The Morgan fingerprint density at radius 1 is 1.06 bits per heavy atom. The van der Waals surface area contributed by atoms with Crippen LogP contribution in [0, 0.1) is 5.92 Å². The van der Waals surface area contributed by atoms with Crippen LogP contribution >= 0.6 is 0 Å². The van der Waals surface area contributed by atoms with Gasteiger partial charge in [0.1, 0.15) is 0 Å². The van der Waals surface area contributed by atoms with Crippen molar-refractivity contribution in [2.45, 2.75) is 58.8 Å². The summed E-state index contributed by atoms with van der Waals surface area (Å²) in [6, 6.07) is 0.314. The molecular formula is C12H28N2O2S. The van der Waals surface area contributed by atoms with E-state index in [4.69, 9.17) is 0 Å². The molecule has 0 saturated carbocycles. The molecule has 0 heterocycles. The average Bonchev–Trinajstić information content (AvgIpc) is 2.20. The Morgan fingerprint density at radius 2 is 1.65 bits per heavy atom. The molecule has 0 aliphatic carbocycles. The number of hydrogen-bond donors (Lipinski definition) is 2. The maximum absolute atomic E-state index is 11.8. The molecule has 0 fully saturated rings. The van der Waals surface area contributed by atoms with Gasteiger partial charge < -0.3 is 5.32 Å². The predicted octanol–water partition coefficient (Wildman–Crippen LogP) is 1.73. The Balaban J connectivity index is 3.93. The van der Waals surface area contributed by atoms with E-state index >= 15 is 0 Å². The molecule has 0 spiro atoms. The molecule has 0 bridgehead atoms. The van der Waals surface area contributed by atoms with Crippen LogP contribution in [-0.4, -0.2) is 32.8 Å². The van der Waals surface area contributed by atoms with Crippen LogP contribution in [0.1, 0.15) is 47.5 Å². The molecule has 0 rings (SSSR count). The van der Waals surface area contributed by atoms with Crippen molar-refractivity contribution in [3.63, 3.8) is 0 Å². The van der Waals surface area contributed by atoms with Gasteiger partial charge in [-0.2, -0.15) is 0 Å². The highest BCUT2D eigenvalue weighted by molar-refractivity contribution is 7.90. The lowest BCUT2D eigenvalue weighted by Gasteiger charge is -2.16. The standard InChI is InChI=1S/C12H28N2O2S/c1-10(2)7-6-8-14-17(15,16)12(5)9-13-11(3)4/h10-14H,6-9H2,1-5H3. The first kappa shape index (κ1) is 16.9. The van der Waals surface area contributed by atoms with Gasteiger partial charge in [0.25, 0.3) is 0 Å². The zero-order chi connectivity index (χ0) is 13.5. The van der Waals surface area contributed by atoms with Crippen LogP contribution < -0.4 is 10.0 Å². The van der Waals surface area contributed by atoms with E-state index in [9.17, 15) is 8.42 Å². The molecule has 104 valence electrons. The Kier molecular flexibility index (Phi) is 8.00. The molecule has 0 aromatic carbocycles. The highest BCUT2D eigenvalue weighted by Crippen LogP contribution is 2.03. The van der Waals surface area contributed by atoms with Gasteiger partial charge in [0.05, 0.1) is 5.25 Å². The van der Waals surface area contributed by atoms with Crippen LogP contribution in [0.25, 0.3) is 0 Å². The summed E-state index contributed by atoms with van der Waals surface area (Å²) in [4.78, 5) is 0. The lowest BCUT2D eigenvalue weighted by molar-refractivity contribution is 0.524. The lowest BCUT2D eigenvalue weighted by Crippen LogP contribution is -2.41. The second-order valence-corrected chi connectivity index (χ2v) is 7.53. The van der Waals surface area contributed by atoms with E-state index in [1.807, 2.05) is 13.8 Å². The maximum atomic E-state index is 11.8. The molecule has 1 atom stereocenters. The van der Waals surface area contributed by atoms with Crippen LogP contribution in [0.5, 0.6) is 0 Å². The van der Waals surface area contributed by atoms with Gasteiger partial charge in [-0.15, -0.1) is 0 Å². The highest BCUT2D eigenvalue weighted by atomic mass is 32.2.